The van der Waals surface area contributed by atoms with Gasteiger partial charge in [0.15, 0.2) is 5.41 Å². The Morgan fingerprint density at radius 2 is 1.73 bits per heavy atom. The highest BCUT2D eigenvalue weighted by Crippen LogP contribution is 2.34. The fraction of sp³-hybridized carbons (Fsp3) is 0.333. The van der Waals surface area contributed by atoms with Crippen molar-refractivity contribution in [1.82, 2.24) is 0 Å². The van der Waals surface area contributed by atoms with Gasteiger partial charge >= 0.3 is 11.9 Å². The first-order valence-electron chi connectivity index (χ1n) is 8.58. The largest absolute Gasteiger partial charge is 0.480 e. The Morgan fingerprint density at radius 1 is 1.08 bits per heavy atom. The monoisotopic (exact) mass is 374 g/mol. The Bertz CT molecular complexity index is 838. The number of aliphatic carboxylic acids is 1. The minimum Gasteiger partial charge on any atom is -0.480 e. The highest BCUT2D eigenvalue weighted by atomic mass is 35.5. The molecule has 2 aromatic rings. The number of carboxylic acids is 1. The number of rotatable bonds is 6. The molecule has 0 saturated carbocycles. The van der Waals surface area contributed by atoms with Crippen molar-refractivity contribution in [3.05, 3.63) is 52.5 Å². The van der Waals surface area contributed by atoms with Crippen molar-refractivity contribution < 1.29 is 19.4 Å². The van der Waals surface area contributed by atoms with Gasteiger partial charge in [-0.2, -0.15) is 0 Å². The van der Waals surface area contributed by atoms with E-state index >= 15 is 0 Å². The molecule has 5 heteroatoms. The summed E-state index contributed by atoms with van der Waals surface area (Å²) in [7, 11) is 0. The van der Waals surface area contributed by atoms with E-state index < -0.39 is 17.4 Å². The Hall–Kier alpha value is -2.33. The summed E-state index contributed by atoms with van der Waals surface area (Å²) in [6, 6.07) is 11.2. The number of benzene rings is 2. The molecular weight excluding hydrogens is 352 g/mol. The van der Waals surface area contributed by atoms with Gasteiger partial charge in [0.2, 0.25) is 0 Å². The van der Waals surface area contributed by atoms with Gasteiger partial charge in [0.25, 0.3) is 0 Å². The van der Waals surface area contributed by atoms with E-state index in [1.165, 1.54) is 0 Å². The van der Waals surface area contributed by atoms with Crippen LogP contribution in [0.4, 0.5) is 0 Å². The number of carbonyl (C=O) groups is 2. The summed E-state index contributed by atoms with van der Waals surface area (Å²) >= 11 is 6.07. The van der Waals surface area contributed by atoms with Crippen LogP contribution in [0.2, 0.25) is 5.02 Å². The van der Waals surface area contributed by atoms with Gasteiger partial charge in [-0.05, 0) is 73.2 Å². The van der Waals surface area contributed by atoms with Crippen LogP contribution in [-0.4, -0.2) is 17.0 Å². The van der Waals surface area contributed by atoms with Crippen LogP contribution in [-0.2, 0) is 9.59 Å². The minimum atomic E-state index is -1.52. The molecule has 0 heterocycles. The lowest BCUT2D eigenvalue weighted by molar-refractivity contribution is -0.163. The molecule has 0 radical (unpaired) electrons. The number of aryl methyl sites for hydroxylation is 2. The SMILES string of the molecule is CCC(CC)(C(=O)O)C(=O)Oc1cc(C)c(-c2cccc(Cl)c2)cc1C. The van der Waals surface area contributed by atoms with Gasteiger partial charge in [0.05, 0.1) is 0 Å². The van der Waals surface area contributed by atoms with Gasteiger partial charge in [0.1, 0.15) is 5.75 Å². The molecule has 0 unspecified atom stereocenters. The molecule has 0 aromatic heterocycles. The number of hydrogen-bond donors (Lipinski definition) is 1. The third-order valence-corrected chi connectivity index (χ3v) is 5.10. The van der Waals surface area contributed by atoms with E-state index in [0.717, 1.165) is 22.3 Å². The predicted molar refractivity (Wildman–Crippen MR) is 103 cm³/mol. The topological polar surface area (TPSA) is 63.6 Å². The summed E-state index contributed by atoms with van der Waals surface area (Å²) in [4.78, 5) is 24.2. The van der Waals surface area contributed by atoms with Crippen LogP contribution < -0.4 is 4.74 Å². The average molecular weight is 375 g/mol. The molecule has 2 rings (SSSR count). The summed E-state index contributed by atoms with van der Waals surface area (Å²) in [5.41, 5.74) is 2.10. The van der Waals surface area contributed by atoms with Crippen molar-refractivity contribution in [3.63, 3.8) is 0 Å². The van der Waals surface area contributed by atoms with Crippen molar-refractivity contribution in [2.45, 2.75) is 40.5 Å². The van der Waals surface area contributed by atoms with Crippen molar-refractivity contribution in [2.24, 2.45) is 5.41 Å². The van der Waals surface area contributed by atoms with Gasteiger partial charge in [-0.1, -0.05) is 37.6 Å². The van der Waals surface area contributed by atoms with Crippen molar-refractivity contribution in [1.29, 1.82) is 0 Å². The smallest absolute Gasteiger partial charge is 0.328 e. The molecular formula is C21H23ClO4. The van der Waals surface area contributed by atoms with Crippen LogP contribution in [0.25, 0.3) is 11.1 Å². The van der Waals surface area contributed by atoms with Crippen molar-refractivity contribution in [2.75, 3.05) is 0 Å². The average Bonchev–Trinajstić information content (AvgIpc) is 2.59. The summed E-state index contributed by atoms with van der Waals surface area (Å²) in [5, 5.41) is 10.1. The van der Waals surface area contributed by atoms with Crippen LogP contribution in [0.1, 0.15) is 37.8 Å². The number of esters is 1. The Kier molecular flexibility index (Phi) is 6.09. The second-order valence-corrected chi connectivity index (χ2v) is 6.86. The molecule has 0 aliphatic rings. The van der Waals surface area contributed by atoms with Crippen LogP contribution in [0, 0.1) is 19.3 Å². The lowest BCUT2D eigenvalue weighted by Crippen LogP contribution is -2.41. The van der Waals surface area contributed by atoms with E-state index in [4.69, 9.17) is 16.3 Å². The van der Waals surface area contributed by atoms with E-state index in [9.17, 15) is 14.7 Å². The Labute approximate surface area is 158 Å². The maximum Gasteiger partial charge on any atom is 0.328 e. The van der Waals surface area contributed by atoms with Gasteiger partial charge in [-0.15, -0.1) is 0 Å². The molecule has 0 bridgehead atoms. The molecule has 0 saturated heterocycles. The molecule has 0 fully saturated rings. The first kappa shape index (κ1) is 20.0. The first-order chi connectivity index (χ1) is 12.2. The molecule has 26 heavy (non-hydrogen) atoms. The molecule has 0 amide bonds. The zero-order chi connectivity index (χ0) is 19.5. The van der Waals surface area contributed by atoms with Gasteiger partial charge in [0, 0.05) is 5.02 Å². The van der Waals surface area contributed by atoms with Crippen LogP contribution in [0.15, 0.2) is 36.4 Å². The lowest BCUT2D eigenvalue weighted by Gasteiger charge is -2.24. The number of ether oxygens (including phenoxy) is 1. The molecule has 0 atom stereocenters. The summed E-state index contributed by atoms with van der Waals surface area (Å²) in [5.74, 6) is -1.50. The quantitative estimate of drug-likeness (QED) is 0.416. The fourth-order valence-corrected chi connectivity index (χ4v) is 3.18. The maximum absolute atomic E-state index is 12.6. The van der Waals surface area contributed by atoms with Gasteiger partial charge in [-0.3, -0.25) is 9.59 Å². The Morgan fingerprint density at radius 3 is 2.27 bits per heavy atom. The fourth-order valence-electron chi connectivity index (χ4n) is 2.99. The maximum atomic E-state index is 12.6. The molecule has 4 nitrogen and oxygen atoms in total. The van der Waals surface area contributed by atoms with E-state index in [-0.39, 0.29) is 12.8 Å². The van der Waals surface area contributed by atoms with E-state index in [1.54, 1.807) is 19.9 Å². The molecule has 0 spiro atoms. The second-order valence-electron chi connectivity index (χ2n) is 6.43. The normalized spacial score (nSPS) is 11.3. The highest BCUT2D eigenvalue weighted by Gasteiger charge is 2.45. The minimum absolute atomic E-state index is 0.177. The standard InChI is InChI=1S/C21H23ClO4/c1-5-21(6-2,19(23)24)20(25)26-18-11-13(3)17(10-14(18)4)15-8-7-9-16(22)12-15/h7-12H,5-6H2,1-4H3,(H,23,24). The molecule has 138 valence electrons. The summed E-state index contributed by atoms with van der Waals surface area (Å²) in [6.07, 6.45) is 0.354. The van der Waals surface area contributed by atoms with Gasteiger partial charge < -0.3 is 9.84 Å². The molecule has 2 aromatic carbocycles. The van der Waals surface area contributed by atoms with Crippen molar-refractivity contribution >= 4 is 23.5 Å². The third-order valence-electron chi connectivity index (χ3n) is 4.87. The molecule has 0 aliphatic heterocycles. The molecule has 0 aliphatic carbocycles. The highest BCUT2D eigenvalue weighted by molar-refractivity contribution is 6.30. The van der Waals surface area contributed by atoms with Crippen LogP contribution in [0.3, 0.4) is 0 Å². The summed E-state index contributed by atoms with van der Waals surface area (Å²) in [6.45, 7) is 7.10. The third kappa shape index (κ3) is 3.75. The van der Waals surface area contributed by atoms with Crippen LogP contribution in [0.5, 0.6) is 5.75 Å². The Balaban J connectivity index is 2.39. The van der Waals surface area contributed by atoms with Crippen LogP contribution >= 0.6 is 11.6 Å². The van der Waals surface area contributed by atoms with E-state index in [0.29, 0.717) is 10.8 Å². The van der Waals surface area contributed by atoms with Gasteiger partial charge in [-0.25, -0.2) is 0 Å². The number of hydrogen-bond acceptors (Lipinski definition) is 3. The number of carboxylic acid groups (broad SMARTS) is 1. The number of carbonyl (C=O) groups excluding carboxylic acids is 1. The zero-order valence-electron chi connectivity index (χ0n) is 15.4. The first-order valence-corrected chi connectivity index (χ1v) is 8.95. The van der Waals surface area contributed by atoms with E-state index in [2.05, 4.69) is 0 Å². The second kappa shape index (κ2) is 7.92. The predicted octanol–water partition coefficient (Wildman–Crippen LogP) is 5.42. The lowest BCUT2D eigenvalue weighted by atomic mass is 9.82. The zero-order valence-corrected chi connectivity index (χ0v) is 16.2. The molecule has 1 N–H and O–H groups in total. The number of halogens is 1. The van der Waals surface area contributed by atoms with Crippen molar-refractivity contribution in [3.8, 4) is 16.9 Å². The summed E-state index contributed by atoms with van der Waals surface area (Å²) < 4.78 is 5.50. The van der Waals surface area contributed by atoms with E-state index in [1.807, 2.05) is 44.2 Å².